The Balaban J connectivity index is 1.83. The lowest BCUT2D eigenvalue weighted by atomic mass is 9.91. The Labute approximate surface area is 157 Å². The minimum atomic E-state index is -0.473. The van der Waals surface area contributed by atoms with Gasteiger partial charge in [0.05, 0.1) is 19.9 Å². The van der Waals surface area contributed by atoms with E-state index < -0.39 is 6.04 Å². The molecule has 0 fully saturated rings. The van der Waals surface area contributed by atoms with Gasteiger partial charge in [0.15, 0.2) is 5.78 Å². The lowest BCUT2D eigenvalue weighted by Crippen LogP contribution is -2.29. The summed E-state index contributed by atoms with van der Waals surface area (Å²) in [5, 5.41) is 0. The summed E-state index contributed by atoms with van der Waals surface area (Å²) in [6, 6.07) is 18.0. The molecule has 1 aliphatic heterocycles. The van der Waals surface area contributed by atoms with Crippen molar-refractivity contribution in [3.8, 4) is 11.5 Å². The van der Waals surface area contributed by atoms with E-state index in [0.29, 0.717) is 17.1 Å². The molecule has 0 saturated heterocycles. The molecule has 0 aliphatic carbocycles. The molecular weight excluding hydrogens is 340 g/mol. The molecule has 4 rings (SSSR count). The zero-order valence-corrected chi connectivity index (χ0v) is 15.2. The summed E-state index contributed by atoms with van der Waals surface area (Å²) in [7, 11) is 3.22. The van der Waals surface area contributed by atoms with Gasteiger partial charge in [-0.2, -0.15) is 0 Å². The molecule has 0 bridgehead atoms. The fraction of sp³-hybridized carbons (Fsp3) is 0.182. The molecule has 0 amide bonds. The molecule has 0 N–H and O–H groups in total. The van der Waals surface area contributed by atoms with Crippen molar-refractivity contribution < 1.29 is 14.3 Å². The lowest BCUT2D eigenvalue weighted by molar-refractivity contribution is 0.0905. The van der Waals surface area contributed by atoms with Gasteiger partial charge >= 0.3 is 0 Å². The molecule has 27 heavy (non-hydrogen) atoms. The second-order valence-electron chi connectivity index (χ2n) is 6.38. The number of methoxy groups -OCH3 is 2. The minimum Gasteiger partial charge on any atom is -0.497 e. The summed E-state index contributed by atoms with van der Waals surface area (Å²) in [4.78, 5) is 18.1. The third-order valence-electron chi connectivity index (χ3n) is 4.82. The van der Waals surface area contributed by atoms with Crippen LogP contribution in [-0.2, 0) is 0 Å². The van der Waals surface area contributed by atoms with Crippen LogP contribution in [0.5, 0.6) is 11.5 Å². The number of aliphatic imine (C=N–C) groups is 1. The molecule has 0 saturated carbocycles. The quantitative estimate of drug-likeness (QED) is 0.644. The standard InChI is InChI=1S/C22H20N2O3/c1-26-18-11-16(12-19(13-18)27-2)20-21(22(25)15-7-4-3-5-8-15)24-10-6-9-17(24)14-23-20/h3-14,20-21H,1-2H3/t20-,21+/m1/s1. The van der Waals surface area contributed by atoms with E-state index in [1.807, 2.05) is 77.6 Å². The Hall–Kier alpha value is -3.34. The van der Waals surface area contributed by atoms with E-state index >= 15 is 0 Å². The number of aromatic nitrogens is 1. The monoisotopic (exact) mass is 360 g/mol. The second kappa shape index (κ2) is 7.11. The molecule has 5 nitrogen and oxygen atoms in total. The topological polar surface area (TPSA) is 52.8 Å². The van der Waals surface area contributed by atoms with Crippen molar-refractivity contribution in [2.75, 3.05) is 14.2 Å². The summed E-state index contributed by atoms with van der Waals surface area (Å²) in [5.74, 6) is 1.37. The van der Waals surface area contributed by atoms with Gasteiger partial charge in [-0.15, -0.1) is 0 Å². The van der Waals surface area contributed by atoms with E-state index in [1.54, 1.807) is 14.2 Å². The van der Waals surface area contributed by atoms with Gasteiger partial charge in [0, 0.05) is 24.0 Å². The van der Waals surface area contributed by atoms with E-state index in [0.717, 1.165) is 11.3 Å². The summed E-state index contributed by atoms with van der Waals surface area (Å²) >= 11 is 0. The van der Waals surface area contributed by atoms with Gasteiger partial charge in [-0.3, -0.25) is 9.79 Å². The number of hydrogen-bond donors (Lipinski definition) is 0. The maximum Gasteiger partial charge on any atom is 0.188 e. The van der Waals surface area contributed by atoms with Crippen molar-refractivity contribution >= 4 is 12.0 Å². The van der Waals surface area contributed by atoms with Gasteiger partial charge in [0.2, 0.25) is 0 Å². The highest BCUT2D eigenvalue weighted by molar-refractivity contribution is 6.00. The highest BCUT2D eigenvalue weighted by Crippen LogP contribution is 2.39. The Morgan fingerprint density at radius 2 is 1.67 bits per heavy atom. The molecule has 136 valence electrons. The zero-order valence-electron chi connectivity index (χ0n) is 15.2. The number of benzene rings is 2. The van der Waals surface area contributed by atoms with E-state index in [2.05, 4.69) is 0 Å². The summed E-state index contributed by atoms with van der Waals surface area (Å²) < 4.78 is 12.8. The molecule has 1 aliphatic rings. The van der Waals surface area contributed by atoms with Crippen LogP contribution in [-0.4, -0.2) is 30.8 Å². The number of fused-ring (bicyclic) bond motifs is 1. The van der Waals surface area contributed by atoms with Crippen LogP contribution in [0, 0.1) is 0 Å². The average molecular weight is 360 g/mol. The number of carbonyl (C=O) groups is 1. The van der Waals surface area contributed by atoms with Gasteiger partial charge in [-0.05, 0) is 29.8 Å². The van der Waals surface area contributed by atoms with E-state index in [1.165, 1.54) is 0 Å². The van der Waals surface area contributed by atoms with Crippen LogP contribution >= 0.6 is 0 Å². The first kappa shape index (κ1) is 17.1. The molecule has 2 atom stereocenters. The zero-order chi connectivity index (χ0) is 18.8. The Bertz CT molecular complexity index is 970. The number of rotatable bonds is 5. The molecule has 0 radical (unpaired) electrons. The molecule has 0 spiro atoms. The van der Waals surface area contributed by atoms with Crippen molar-refractivity contribution in [3.05, 3.63) is 83.7 Å². The third-order valence-corrected chi connectivity index (χ3v) is 4.82. The summed E-state index contributed by atoms with van der Waals surface area (Å²) in [6.45, 7) is 0. The van der Waals surface area contributed by atoms with Crippen molar-refractivity contribution in [2.24, 2.45) is 4.99 Å². The highest BCUT2D eigenvalue weighted by atomic mass is 16.5. The third kappa shape index (κ3) is 3.12. The fourth-order valence-corrected chi connectivity index (χ4v) is 3.47. The smallest absolute Gasteiger partial charge is 0.188 e. The second-order valence-corrected chi connectivity index (χ2v) is 6.38. The molecule has 5 heteroatoms. The summed E-state index contributed by atoms with van der Waals surface area (Å²) in [5.41, 5.74) is 2.45. The number of hydrogen-bond acceptors (Lipinski definition) is 4. The predicted molar refractivity (Wildman–Crippen MR) is 104 cm³/mol. The van der Waals surface area contributed by atoms with Crippen LogP contribution in [0.3, 0.4) is 0 Å². The number of ketones is 1. The van der Waals surface area contributed by atoms with Crippen molar-refractivity contribution in [2.45, 2.75) is 12.1 Å². The number of nitrogens with zero attached hydrogens (tertiary/aromatic N) is 2. The molecule has 2 heterocycles. The van der Waals surface area contributed by atoms with Gasteiger partial charge in [0.1, 0.15) is 23.6 Å². The molecular formula is C22H20N2O3. The highest BCUT2D eigenvalue weighted by Gasteiger charge is 2.35. The SMILES string of the molecule is COc1cc(OC)cc([C@H]2N=Cc3cccn3[C@@H]2C(=O)c2ccccc2)c1. The van der Waals surface area contributed by atoms with E-state index in [9.17, 15) is 4.79 Å². The Kier molecular flexibility index (Phi) is 4.50. The maximum absolute atomic E-state index is 13.4. The maximum atomic E-state index is 13.4. The van der Waals surface area contributed by atoms with Crippen molar-refractivity contribution in [1.82, 2.24) is 4.57 Å². The molecule has 2 aromatic carbocycles. The van der Waals surface area contributed by atoms with Crippen LogP contribution in [0.25, 0.3) is 0 Å². The first-order valence-electron chi connectivity index (χ1n) is 8.73. The molecule has 3 aromatic rings. The Morgan fingerprint density at radius 1 is 0.963 bits per heavy atom. The average Bonchev–Trinajstić information content (AvgIpc) is 3.21. The molecule has 1 aromatic heterocycles. The number of Topliss-reactive ketones (excluding diaryl/α,β-unsaturated/α-hetero) is 1. The Morgan fingerprint density at radius 3 is 2.33 bits per heavy atom. The van der Waals surface area contributed by atoms with Gasteiger partial charge in [-0.1, -0.05) is 30.3 Å². The van der Waals surface area contributed by atoms with Gasteiger partial charge < -0.3 is 14.0 Å². The van der Waals surface area contributed by atoms with Crippen molar-refractivity contribution in [1.29, 1.82) is 0 Å². The van der Waals surface area contributed by atoms with Crippen LogP contribution in [0.1, 0.15) is 33.7 Å². The molecule has 0 unspecified atom stereocenters. The number of ether oxygens (including phenoxy) is 2. The van der Waals surface area contributed by atoms with Crippen LogP contribution in [0.2, 0.25) is 0 Å². The van der Waals surface area contributed by atoms with Crippen LogP contribution in [0.15, 0.2) is 71.9 Å². The van der Waals surface area contributed by atoms with Gasteiger partial charge in [-0.25, -0.2) is 0 Å². The fourth-order valence-electron chi connectivity index (χ4n) is 3.47. The predicted octanol–water partition coefficient (Wildman–Crippen LogP) is 4.10. The van der Waals surface area contributed by atoms with E-state index in [-0.39, 0.29) is 11.8 Å². The lowest BCUT2D eigenvalue weighted by Gasteiger charge is -2.29. The van der Waals surface area contributed by atoms with Gasteiger partial charge in [0.25, 0.3) is 0 Å². The van der Waals surface area contributed by atoms with Crippen LogP contribution in [0.4, 0.5) is 0 Å². The van der Waals surface area contributed by atoms with E-state index in [4.69, 9.17) is 14.5 Å². The first-order valence-corrected chi connectivity index (χ1v) is 8.73. The van der Waals surface area contributed by atoms with Crippen molar-refractivity contribution in [3.63, 3.8) is 0 Å². The normalized spacial score (nSPS) is 18.0. The number of carbonyl (C=O) groups excluding carboxylic acids is 1. The minimum absolute atomic E-state index is 0.0247. The van der Waals surface area contributed by atoms with Crippen LogP contribution < -0.4 is 9.47 Å². The first-order chi connectivity index (χ1) is 13.2. The summed E-state index contributed by atoms with van der Waals surface area (Å²) in [6.07, 6.45) is 3.74. The largest absolute Gasteiger partial charge is 0.497 e.